The zero-order valence-corrected chi connectivity index (χ0v) is 18.6. The van der Waals surface area contributed by atoms with E-state index in [4.69, 9.17) is 10.00 Å². The van der Waals surface area contributed by atoms with E-state index in [1.807, 2.05) is 11.8 Å². The Morgan fingerprint density at radius 3 is 2.76 bits per heavy atom. The van der Waals surface area contributed by atoms with Gasteiger partial charge in [0.25, 0.3) is 5.91 Å². The van der Waals surface area contributed by atoms with Gasteiger partial charge in [-0.2, -0.15) is 23.5 Å². The Bertz CT molecular complexity index is 1080. The van der Waals surface area contributed by atoms with Crippen LogP contribution in [0.5, 0.6) is 0 Å². The lowest BCUT2D eigenvalue weighted by molar-refractivity contribution is -0.137. The molecule has 0 bridgehead atoms. The van der Waals surface area contributed by atoms with E-state index in [0.717, 1.165) is 6.07 Å². The molecule has 3 heterocycles. The molecule has 2 aromatic rings. The predicted octanol–water partition coefficient (Wildman–Crippen LogP) is 3.32. The molecule has 1 aromatic carbocycles. The number of hydrogen-bond donors (Lipinski definition) is 0. The largest absolute Gasteiger partial charge is 0.417 e. The summed E-state index contributed by atoms with van der Waals surface area (Å²) in [5.41, 5.74) is -0.757. The second-order valence-corrected chi connectivity index (χ2v) is 8.79. The van der Waals surface area contributed by atoms with Crippen LogP contribution < -0.4 is 4.90 Å². The van der Waals surface area contributed by atoms with Crippen LogP contribution in [-0.4, -0.2) is 60.0 Å². The van der Waals surface area contributed by atoms with Crippen molar-refractivity contribution in [2.45, 2.75) is 19.5 Å². The van der Waals surface area contributed by atoms with Crippen molar-refractivity contribution in [2.75, 3.05) is 44.3 Å². The van der Waals surface area contributed by atoms with Crippen LogP contribution in [0, 0.1) is 22.7 Å². The third-order valence-electron chi connectivity index (χ3n) is 6.74. The summed E-state index contributed by atoms with van der Waals surface area (Å²) in [6.45, 7) is 5.03. The highest BCUT2D eigenvalue weighted by atomic mass is 19.4. The first-order chi connectivity index (χ1) is 15.7. The van der Waals surface area contributed by atoms with Gasteiger partial charge in [0.1, 0.15) is 5.69 Å². The summed E-state index contributed by atoms with van der Waals surface area (Å²) in [5.74, 6) is -0.111. The number of amides is 1. The number of fused-ring (bicyclic) bond motifs is 1. The molecular weight excluding hydrogens is 435 g/mol. The van der Waals surface area contributed by atoms with Crippen LogP contribution in [0.25, 0.3) is 0 Å². The van der Waals surface area contributed by atoms with Crippen molar-refractivity contribution in [1.82, 2.24) is 14.7 Å². The fraction of sp³-hybridized carbons (Fsp3) is 0.522. The van der Waals surface area contributed by atoms with E-state index in [2.05, 4.69) is 5.10 Å². The number of likely N-dealkylation sites (tertiary alicyclic amines) is 1. The van der Waals surface area contributed by atoms with Gasteiger partial charge in [-0.25, -0.2) is 0 Å². The number of piperidine rings is 1. The standard InChI is InChI=1S/C23H26F3N5O2/c1-3-33-15-22-7-9-30(18-5-4-16(11-27)19(10-18)23(24,25)26)12-17(22)13-31(14-22)21(32)20-6-8-29(2)28-20/h4-6,8,10,17H,3,7,9,12-15H2,1-2H3. The lowest BCUT2D eigenvalue weighted by Gasteiger charge is -2.44. The van der Waals surface area contributed by atoms with E-state index in [0.29, 0.717) is 57.2 Å². The van der Waals surface area contributed by atoms with Crippen LogP contribution in [0.3, 0.4) is 0 Å². The van der Waals surface area contributed by atoms with Crippen molar-refractivity contribution in [1.29, 1.82) is 5.26 Å². The molecule has 10 heteroatoms. The summed E-state index contributed by atoms with van der Waals surface area (Å²) in [6.07, 6.45) is -2.20. The summed E-state index contributed by atoms with van der Waals surface area (Å²) >= 11 is 0. The van der Waals surface area contributed by atoms with Crippen molar-refractivity contribution >= 4 is 11.6 Å². The number of carbonyl (C=O) groups is 1. The normalized spacial score (nSPS) is 22.8. The number of aromatic nitrogens is 2. The summed E-state index contributed by atoms with van der Waals surface area (Å²) in [4.78, 5) is 16.7. The molecule has 4 rings (SSSR count). The molecule has 7 nitrogen and oxygen atoms in total. The minimum absolute atomic E-state index is 0.0374. The van der Waals surface area contributed by atoms with E-state index in [9.17, 15) is 18.0 Å². The topological polar surface area (TPSA) is 74.4 Å². The maximum absolute atomic E-state index is 13.5. The van der Waals surface area contributed by atoms with Gasteiger partial charge in [-0.15, -0.1) is 0 Å². The molecule has 2 fully saturated rings. The first-order valence-corrected chi connectivity index (χ1v) is 10.9. The Kier molecular flexibility index (Phi) is 6.10. The van der Waals surface area contributed by atoms with Crippen LogP contribution >= 0.6 is 0 Å². The lowest BCUT2D eigenvalue weighted by Crippen LogP contribution is -2.49. The predicted molar refractivity (Wildman–Crippen MR) is 115 cm³/mol. The van der Waals surface area contributed by atoms with Gasteiger partial charge in [0.2, 0.25) is 0 Å². The van der Waals surface area contributed by atoms with E-state index in [-0.39, 0.29) is 22.8 Å². The Balaban J connectivity index is 1.58. The monoisotopic (exact) mass is 461 g/mol. The highest BCUT2D eigenvalue weighted by molar-refractivity contribution is 5.92. The number of ether oxygens (including phenoxy) is 1. The second-order valence-electron chi connectivity index (χ2n) is 8.79. The van der Waals surface area contributed by atoms with E-state index < -0.39 is 11.7 Å². The average molecular weight is 461 g/mol. The van der Waals surface area contributed by atoms with E-state index in [1.54, 1.807) is 41.0 Å². The Hall–Kier alpha value is -3.06. The number of anilines is 1. The zero-order chi connectivity index (χ0) is 23.8. The summed E-state index contributed by atoms with van der Waals surface area (Å²) in [6, 6.07) is 7.16. The molecule has 0 saturated carbocycles. The van der Waals surface area contributed by atoms with Crippen molar-refractivity contribution in [3.63, 3.8) is 0 Å². The number of nitriles is 1. The number of nitrogens with zero attached hydrogens (tertiary/aromatic N) is 5. The summed E-state index contributed by atoms with van der Waals surface area (Å²) < 4.78 is 47.8. The quantitative estimate of drug-likeness (QED) is 0.683. The van der Waals surface area contributed by atoms with Gasteiger partial charge in [-0.3, -0.25) is 9.48 Å². The molecule has 2 aliphatic rings. The van der Waals surface area contributed by atoms with Gasteiger partial charge in [-0.05, 0) is 37.6 Å². The molecule has 0 radical (unpaired) electrons. The number of benzene rings is 1. The Morgan fingerprint density at radius 1 is 1.33 bits per heavy atom. The molecular formula is C23H26F3N5O2. The second kappa shape index (κ2) is 8.71. The first kappa shape index (κ1) is 23.1. The average Bonchev–Trinajstić information content (AvgIpc) is 3.39. The smallest absolute Gasteiger partial charge is 0.381 e. The third kappa shape index (κ3) is 4.42. The molecule has 2 unspecified atom stereocenters. The first-order valence-electron chi connectivity index (χ1n) is 10.9. The van der Waals surface area contributed by atoms with Crippen molar-refractivity contribution < 1.29 is 22.7 Å². The molecule has 2 aliphatic heterocycles. The van der Waals surface area contributed by atoms with Crippen LogP contribution in [-0.2, 0) is 18.0 Å². The van der Waals surface area contributed by atoms with Gasteiger partial charge in [0.15, 0.2) is 0 Å². The Labute approximate surface area is 190 Å². The van der Waals surface area contributed by atoms with Gasteiger partial charge < -0.3 is 14.5 Å². The molecule has 1 aromatic heterocycles. The zero-order valence-electron chi connectivity index (χ0n) is 18.6. The van der Waals surface area contributed by atoms with Crippen molar-refractivity contribution in [3.05, 3.63) is 47.3 Å². The van der Waals surface area contributed by atoms with Crippen LogP contribution in [0.4, 0.5) is 18.9 Å². The van der Waals surface area contributed by atoms with Gasteiger partial charge in [0.05, 0.1) is 23.8 Å². The maximum atomic E-state index is 13.5. The molecule has 2 saturated heterocycles. The molecule has 1 amide bonds. The number of rotatable bonds is 5. The highest BCUT2D eigenvalue weighted by Crippen LogP contribution is 2.45. The lowest BCUT2D eigenvalue weighted by atomic mass is 9.73. The molecule has 33 heavy (non-hydrogen) atoms. The van der Waals surface area contributed by atoms with Crippen LogP contribution in [0.15, 0.2) is 30.5 Å². The van der Waals surface area contributed by atoms with Crippen molar-refractivity contribution in [3.8, 4) is 6.07 Å². The third-order valence-corrected chi connectivity index (χ3v) is 6.74. The molecule has 2 atom stereocenters. The molecule has 0 aliphatic carbocycles. The minimum Gasteiger partial charge on any atom is -0.381 e. The fourth-order valence-electron chi connectivity index (χ4n) is 4.97. The SMILES string of the molecule is CCOCC12CCN(c3ccc(C#N)c(C(F)(F)F)c3)CC1CN(C(=O)c1ccn(C)n1)C2. The van der Waals surface area contributed by atoms with Crippen molar-refractivity contribution in [2.24, 2.45) is 18.4 Å². The van der Waals surface area contributed by atoms with Gasteiger partial charge in [-0.1, -0.05) is 0 Å². The molecule has 176 valence electrons. The Morgan fingerprint density at radius 2 is 2.12 bits per heavy atom. The summed E-state index contributed by atoms with van der Waals surface area (Å²) in [7, 11) is 1.75. The van der Waals surface area contributed by atoms with Gasteiger partial charge >= 0.3 is 6.18 Å². The number of aryl methyl sites for hydroxylation is 1. The minimum atomic E-state index is -4.60. The van der Waals surface area contributed by atoms with Crippen LogP contribution in [0.1, 0.15) is 35.0 Å². The fourth-order valence-corrected chi connectivity index (χ4v) is 4.97. The summed E-state index contributed by atoms with van der Waals surface area (Å²) in [5, 5.41) is 13.3. The molecule has 0 N–H and O–H groups in total. The molecule has 0 spiro atoms. The number of carbonyl (C=O) groups excluding carboxylic acids is 1. The number of alkyl halides is 3. The maximum Gasteiger partial charge on any atom is 0.417 e. The van der Waals surface area contributed by atoms with Crippen LogP contribution in [0.2, 0.25) is 0 Å². The number of hydrogen-bond acceptors (Lipinski definition) is 5. The highest BCUT2D eigenvalue weighted by Gasteiger charge is 2.51. The van der Waals surface area contributed by atoms with Gasteiger partial charge in [0, 0.05) is 63.1 Å². The van der Waals surface area contributed by atoms with E-state index >= 15 is 0 Å². The number of halogens is 3. The van der Waals surface area contributed by atoms with E-state index in [1.165, 1.54) is 6.07 Å².